The summed E-state index contributed by atoms with van der Waals surface area (Å²) in [4.78, 5) is 35.6. The topological polar surface area (TPSA) is 84.5 Å². The number of hydrogen-bond acceptors (Lipinski definition) is 4. The normalized spacial score (nSPS) is 12.6. The van der Waals surface area contributed by atoms with Crippen LogP contribution in [-0.2, 0) is 0 Å². The molecule has 0 bridgehead atoms. The highest BCUT2D eigenvalue weighted by Crippen LogP contribution is 2.25. The Morgan fingerprint density at radius 2 is 1.77 bits per heavy atom. The first-order valence-electron chi connectivity index (χ1n) is 6.54. The molecule has 1 aliphatic rings. The third kappa shape index (κ3) is 2.31. The lowest BCUT2D eigenvalue weighted by Gasteiger charge is -2.08. The van der Waals surface area contributed by atoms with E-state index in [2.05, 4.69) is 10.6 Å². The maximum absolute atomic E-state index is 12.2. The van der Waals surface area contributed by atoms with Crippen molar-refractivity contribution in [1.82, 2.24) is 5.32 Å². The quantitative estimate of drug-likeness (QED) is 0.846. The average molecular weight is 296 g/mol. The summed E-state index contributed by atoms with van der Waals surface area (Å²) < 4.78 is 5.03. The van der Waals surface area contributed by atoms with Crippen LogP contribution < -0.4 is 15.4 Å². The number of methoxy groups -OCH3 is 1. The molecule has 0 radical (unpaired) electrons. The van der Waals surface area contributed by atoms with Gasteiger partial charge in [-0.3, -0.25) is 19.7 Å². The van der Waals surface area contributed by atoms with E-state index >= 15 is 0 Å². The van der Waals surface area contributed by atoms with Gasteiger partial charge in [0.05, 0.1) is 23.9 Å². The minimum absolute atomic E-state index is 0.189. The molecule has 0 saturated carbocycles. The molecule has 110 valence electrons. The van der Waals surface area contributed by atoms with Crippen LogP contribution in [0.3, 0.4) is 0 Å². The van der Waals surface area contributed by atoms with E-state index in [1.165, 1.54) is 7.11 Å². The molecular weight excluding hydrogens is 284 g/mol. The maximum atomic E-state index is 12.2. The molecule has 3 amide bonds. The van der Waals surface area contributed by atoms with Crippen LogP contribution in [0.4, 0.5) is 5.69 Å². The summed E-state index contributed by atoms with van der Waals surface area (Å²) in [6.07, 6.45) is 0. The van der Waals surface area contributed by atoms with Crippen molar-refractivity contribution >= 4 is 23.4 Å². The minimum Gasteiger partial charge on any atom is -0.497 e. The predicted octanol–water partition coefficient (Wildman–Crippen LogP) is 1.83. The Morgan fingerprint density at radius 3 is 2.45 bits per heavy atom. The molecule has 1 heterocycles. The van der Waals surface area contributed by atoms with Gasteiger partial charge in [-0.2, -0.15) is 0 Å². The molecule has 6 nitrogen and oxygen atoms in total. The number of ether oxygens (including phenoxy) is 1. The van der Waals surface area contributed by atoms with Crippen LogP contribution in [0.2, 0.25) is 0 Å². The van der Waals surface area contributed by atoms with E-state index in [9.17, 15) is 14.4 Å². The molecule has 2 aromatic carbocycles. The number of hydrogen-bond donors (Lipinski definition) is 2. The number of rotatable bonds is 3. The zero-order valence-electron chi connectivity index (χ0n) is 11.7. The van der Waals surface area contributed by atoms with Gasteiger partial charge in [-0.1, -0.05) is 6.07 Å². The fourth-order valence-corrected chi connectivity index (χ4v) is 2.26. The fourth-order valence-electron chi connectivity index (χ4n) is 2.26. The van der Waals surface area contributed by atoms with Crippen molar-refractivity contribution in [1.29, 1.82) is 0 Å². The van der Waals surface area contributed by atoms with Crippen LogP contribution in [0, 0.1) is 0 Å². The van der Waals surface area contributed by atoms with Gasteiger partial charge in [0.15, 0.2) is 0 Å². The third-order valence-electron chi connectivity index (χ3n) is 3.36. The number of fused-ring (bicyclic) bond motifs is 1. The Kier molecular flexibility index (Phi) is 3.34. The van der Waals surface area contributed by atoms with Gasteiger partial charge in [0.2, 0.25) is 0 Å². The van der Waals surface area contributed by atoms with Gasteiger partial charge in [0.25, 0.3) is 17.7 Å². The largest absolute Gasteiger partial charge is 0.497 e. The van der Waals surface area contributed by atoms with E-state index in [1.54, 1.807) is 42.5 Å². The molecule has 6 heteroatoms. The molecule has 2 N–H and O–H groups in total. The zero-order chi connectivity index (χ0) is 15.7. The van der Waals surface area contributed by atoms with Gasteiger partial charge in [0, 0.05) is 5.56 Å². The van der Waals surface area contributed by atoms with Crippen LogP contribution >= 0.6 is 0 Å². The van der Waals surface area contributed by atoms with E-state index in [-0.39, 0.29) is 17.0 Å². The zero-order valence-corrected chi connectivity index (χ0v) is 11.7. The second kappa shape index (κ2) is 5.33. The lowest BCUT2D eigenvalue weighted by molar-refractivity contribution is 0.0879. The molecule has 0 unspecified atom stereocenters. The molecule has 0 saturated heterocycles. The number of benzene rings is 2. The molecule has 2 aromatic rings. The average Bonchev–Trinajstić information content (AvgIpc) is 2.83. The second-order valence-electron chi connectivity index (χ2n) is 4.69. The van der Waals surface area contributed by atoms with Gasteiger partial charge in [-0.05, 0) is 36.4 Å². The summed E-state index contributed by atoms with van der Waals surface area (Å²) in [5.74, 6) is -0.698. The first-order chi connectivity index (χ1) is 10.6. The maximum Gasteiger partial charge on any atom is 0.261 e. The Hall–Kier alpha value is -3.15. The van der Waals surface area contributed by atoms with Crippen molar-refractivity contribution in [3.05, 3.63) is 59.2 Å². The summed E-state index contributed by atoms with van der Waals surface area (Å²) >= 11 is 0. The summed E-state index contributed by atoms with van der Waals surface area (Å²) in [5.41, 5.74) is 1.18. The Morgan fingerprint density at radius 1 is 1.05 bits per heavy atom. The van der Waals surface area contributed by atoms with E-state index < -0.39 is 11.8 Å². The summed E-state index contributed by atoms with van der Waals surface area (Å²) in [5, 5.41) is 4.86. The molecule has 1 aliphatic heterocycles. The Labute approximate surface area is 126 Å². The van der Waals surface area contributed by atoms with Gasteiger partial charge < -0.3 is 10.1 Å². The van der Waals surface area contributed by atoms with Crippen molar-refractivity contribution in [2.24, 2.45) is 0 Å². The van der Waals surface area contributed by atoms with E-state index in [0.717, 1.165) is 0 Å². The Bertz CT molecular complexity index is 781. The number of amides is 3. The summed E-state index contributed by atoms with van der Waals surface area (Å²) in [6.45, 7) is 0. The van der Waals surface area contributed by atoms with Crippen LogP contribution in [0.15, 0.2) is 42.5 Å². The van der Waals surface area contributed by atoms with Crippen molar-refractivity contribution in [3.63, 3.8) is 0 Å². The van der Waals surface area contributed by atoms with Crippen LogP contribution in [-0.4, -0.2) is 24.8 Å². The summed E-state index contributed by atoms with van der Waals surface area (Å²) in [7, 11) is 1.54. The fraction of sp³-hybridized carbons (Fsp3) is 0.0625. The van der Waals surface area contributed by atoms with Crippen molar-refractivity contribution < 1.29 is 19.1 Å². The predicted molar refractivity (Wildman–Crippen MR) is 79.2 cm³/mol. The smallest absolute Gasteiger partial charge is 0.261 e. The lowest BCUT2D eigenvalue weighted by Crippen LogP contribution is -2.20. The van der Waals surface area contributed by atoms with Gasteiger partial charge in [0.1, 0.15) is 5.75 Å². The van der Waals surface area contributed by atoms with Crippen LogP contribution in [0.5, 0.6) is 5.75 Å². The van der Waals surface area contributed by atoms with Crippen molar-refractivity contribution in [2.45, 2.75) is 0 Å². The number of anilines is 1. The highest BCUT2D eigenvalue weighted by atomic mass is 16.5. The lowest BCUT2D eigenvalue weighted by atomic mass is 10.1. The van der Waals surface area contributed by atoms with E-state index in [0.29, 0.717) is 17.0 Å². The van der Waals surface area contributed by atoms with Crippen molar-refractivity contribution in [3.8, 4) is 5.75 Å². The van der Waals surface area contributed by atoms with Gasteiger partial charge in [-0.25, -0.2) is 0 Å². The number of carbonyl (C=O) groups excluding carboxylic acids is 3. The van der Waals surface area contributed by atoms with E-state index in [1.807, 2.05) is 0 Å². The molecule has 0 fully saturated rings. The first-order valence-corrected chi connectivity index (χ1v) is 6.54. The third-order valence-corrected chi connectivity index (χ3v) is 3.36. The summed E-state index contributed by atoms with van der Waals surface area (Å²) in [6, 6.07) is 11.3. The highest BCUT2D eigenvalue weighted by molar-refractivity contribution is 6.25. The van der Waals surface area contributed by atoms with Crippen molar-refractivity contribution in [2.75, 3.05) is 12.4 Å². The molecular formula is C16H12N2O4. The monoisotopic (exact) mass is 296 g/mol. The number of imide groups is 1. The number of carbonyl (C=O) groups is 3. The molecule has 0 aromatic heterocycles. The molecule has 0 aliphatic carbocycles. The minimum atomic E-state index is -0.509. The van der Waals surface area contributed by atoms with Crippen LogP contribution in [0.25, 0.3) is 0 Å². The van der Waals surface area contributed by atoms with E-state index in [4.69, 9.17) is 4.74 Å². The van der Waals surface area contributed by atoms with Gasteiger partial charge >= 0.3 is 0 Å². The second-order valence-corrected chi connectivity index (χ2v) is 4.69. The van der Waals surface area contributed by atoms with Gasteiger partial charge in [-0.15, -0.1) is 0 Å². The number of nitrogens with one attached hydrogen (secondary N) is 2. The van der Waals surface area contributed by atoms with Crippen LogP contribution in [0.1, 0.15) is 31.1 Å². The molecule has 3 rings (SSSR count). The molecule has 22 heavy (non-hydrogen) atoms. The first kappa shape index (κ1) is 13.8. The highest BCUT2D eigenvalue weighted by Gasteiger charge is 2.29. The SMILES string of the molecule is COc1ccc(C(=O)Nc2cccc3c2C(=O)NC3=O)cc1. The standard InChI is InChI=1S/C16H12N2O4/c1-22-10-7-5-9(6-8-10)14(19)17-12-4-2-3-11-13(12)16(21)18-15(11)20/h2-8H,1H3,(H,17,19)(H,18,20,21). The Balaban J connectivity index is 1.89. The molecule has 0 atom stereocenters. The molecule has 0 spiro atoms.